The standard InChI is InChI=1S/C26H28FNO2/c27-22-12-14-24(15-13-22)30-26-16-18-28(20-25(26)21-8-3-1-4-9-21)17-7-19-29-23-10-5-2-6-11-23/h1-6,8-15,25-26H,7,16-20H2/t25-,26+/m0/s1. The van der Waals surface area contributed by atoms with E-state index in [4.69, 9.17) is 9.47 Å². The first-order valence-corrected chi connectivity index (χ1v) is 10.7. The van der Waals surface area contributed by atoms with E-state index in [2.05, 4.69) is 29.2 Å². The molecule has 4 rings (SSSR count). The number of hydrogen-bond donors (Lipinski definition) is 0. The molecule has 1 heterocycles. The van der Waals surface area contributed by atoms with Gasteiger partial charge in [-0.3, -0.25) is 0 Å². The Labute approximate surface area is 178 Å². The largest absolute Gasteiger partial charge is 0.494 e. The van der Waals surface area contributed by atoms with Crippen LogP contribution >= 0.6 is 0 Å². The Bertz CT molecular complexity index is 886. The average Bonchev–Trinajstić information content (AvgIpc) is 2.80. The van der Waals surface area contributed by atoms with Crippen LogP contribution in [0, 0.1) is 5.82 Å². The molecule has 0 aromatic heterocycles. The van der Waals surface area contributed by atoms with Crippen LogP contribution < -0.4 is 9.47 Å². The van der Waals surface area contributed by atoms with Gasteiger partial charge in [0.15, 0.2) is 0 Å². The minimum Gasteiger partial charge on any atom is -0.494 e. The summed E-state index contributed by atoms with van der Waals surface area (Å²) in [5, 5.41) is 0. The molecule has 1 aliphatic rings. The smallest absolute Gasteiger partial charge is 0.123 e. The Morgan fingerprint density at radius 2 is 1.53 bits per heavy atom. The third kappa shape index (κ3) is 5.61. The predicted octanol–water partition coefficient (Wildman–Crippen LogP) is 5.53. The maximum atomic E-state index is 13.2. The summed E-state index contributed by atoms with van der Waals surface area (Å²) in [6, 6.07) is 26.8. The van der Waals surface area contributed by atoms with Gasteiger partial charge in [0.25, 0.3) is 0 Å². The van der Waals surface area contributed by atoms with Crippen molar-refractivity contribution in [3.63, 3.8) is 0 Å². The third-order valence-corrected chi connectivity index (χ3v) is 5.59. The van der Waals surface area contributed by atoms with Gasteiger partial charge < -0.3 is 14.4 Å². The fraction of sp³-hybridized carbons (Fsp3) is 0.308. The second-order valence-electron chi connectivity index (χ2n) is 7.73. The quantitative estimate of drug-likeness (QED) is 0.460. The monoisotopic (exact) mass is 405 g/mol. The SMILES string of the molecule is Fc1ccc(O[C@@H]2CCN(CCCOc3ccccc3)C[C@H]2c2ccccc2)cc1. The van der Waals surface area contributed by atoms with E-state index in [1.807, 2.05) is 36.4 Å². The molecule has 0 aliphatic carbocycles. The number of likely N-dealkylation sites (tertiary alicyclic amines) is 1. The first kappa shape index (κ1) is 20.4. The zero-order chi connectivity index (χ0) is 20.6. The third-order valence-electron chi connectivity index (χ3n) is 5.59. The van der Waals surface area contributed by atoms with Gasteiger partial charge in [0, 0.05) is 25.6 Å². The minimum absolute atomic E-state index is 0.0784. The van der Waals surface area contributed by atoms with Crippen molar-refractivity contribution >= 4 is 0 Å². The molecule has 1 saturated heterocycles. The fourth-order valence-corrected chi connectivity index (χ4v) is 4.05. The van der Waals surface area contributed by atoms with Crippen LogP contribution in [0.2, 0.25) is 0 Å². The van der Waals surface area contributed by atoms with Crippen molar-refractivity contribution in [2.24, 2.45) is 0 Å². The molecule has 0 spiro atoms. The van der Waals surface area contributed by atoms with Crippen molar-refractivity contribution in [1.82, 2.24) is 4.90 Å². The van der Waals surface area contributed by atoms with Crippen molar-refractivity contribution in [3.8, 4) is 11.5 Å². The normalized spacial score (nSPS) is 19.4. The highest BCUT2D eigenvalue weighted by atomic mass is 19.1. The van der Waals surface area contributed by atoms with Crippen LogP contribution in [0.25, 0.3) is 0 Å². The summed E-state index contributed by atoms with van der Waals surface area (Å²) in [6.45, 7) is 3.65. The molecule has 3 nitrogen and oxygen atoms in total. The number of rotatable bonds is 8. The zero-order valence-corrected chi connectivity index (χ0v) is 17.1. The van der Waals surface area contributed by atoms with Crippen molar-refractivity contribution in [3.05, 3.63) is 96.3 Å². The summed E-state index contributed by atoms with van der Waals surface area (Å²) in [6.07, 6.45) is 2.01. The molecule has 1 fully saturated rings. The second-order valence-corrected chi connectivity index (χ2v) is 7.73. The Morgan fingerprint density at radius 3 is 2.27 bits per heavy atom. The van der Waals surface area contributed by atoms with E-state index in [1.54, 1.807) is 12.1 Å². The van der Waals surface area contributed by atoms with Crippen LogP contribution in [0.3, 0.4) is 0 Å². The van der Waals surface area contributed by atoms with E-state index in [0.29, 0.717) is 6.61 Å². The van der Waals surface area contributed by atoms with Gasteiger partial charge in [-0.1, -0.05) is 48.5 Å². The molecule has 3 aromatic rings. The number of benzene rings is 3. The zero-order valence-electron chi connectivity index (χ0n) is 17.1. The Hall–Kier alpha value is -2.85. The highest BCUT2D eigenvalue weighted by molar-refractivity contribution is 5.26. The molecule has 0 N–H and O–H groups in total. The lowest BCUT2D eigenvalue weighted by molar-refractivity contribution is 0.0749. The number of para-hydroxylation sites is 1. The first-order valence-electron chi connectivity index (χ1n) is 10.7. The number of nitrogens with zero attached hydrogens (tertiary/aromatic N) is 1. The highest BCUT2D eigenvalue weighted by Gasteiger charge is 2.31. The Kier molecular flexibility index (Phi) is 6.99. The van der Waals surface area contributed by atoms with E-state index in [-0.39, 0.29) is 17.8 Å². The van der Waals surface area contributed by atoms with E-state index in [9.17, 15) is 4.39 Å². The van der Waals surface area contributed by atoms with Gasteiger partial charge in [0.05, 0.1) is 6.61 Å². The van der Waals surface area contributed by atoms with E-state index in [1.165, 1.54) is 17.7 Å². The van der Waals surface area contributed by atoms with Crippen LogP contribution in [0.4, 0.5) is 4.39 Å². The number of hydrogen-bond acceptors (Lipinski definition) is 3. The van der Waals surface area contributed by atoms with Crippen molar-refractivity contribution < 1.29 is 13.9 Å². The van der Waals surface area contributed by atoms with Gasteiger partial charge in [-0.2, -0.15) is 0 Å². The van der Waals surface area contributed by atoms with Crippen molar-refractivity contribution in [2.45, 2.75) is 24.9 Å². The molecular formula is C26H28FNO2. The van der Waals surface area contributed by atoms with Crippen LogP contribution in [0.5, 0.6) is 11.5 Å². The summed E-state index contributed by atoms with van der Waals surface area (Å²) in [4.78, 5) is 2.50. The molecular weight excluding hydrogens is 377 g/mol. The molecule has 0 unspecified atom stereocenters. The van der Waals surface area contributed by atoms with E-state index >= 15 is 0 Å². The van der Waals surface area contributed by atoms with Crippen LogP contribution in [0.15, 0.2) is 84.9 Å². The van der Waals surface area contributed by atoms with Gasteiger partial charge in [-0.25, -0.2) is 4.39 Å². The average molecular weight is 406 g/mol. The highest BCUT2D eigenvalue weighted by Crippen LogP contribution is 2.31. The van der Waals surface area contributed by atoms with Crippen molar-refractivity contribution in [1.29, 1.82) is 0 Å². The molecule has 30 heavy (non-hydrogen) atoms. The molecule has 3 aromatic carbocycles. The van der Waals surface area contributed by atoms with E-state index in [0.717, 1.165) is 44.0 Å². The maximum absolute atomic E-state index is 13.2. The maximum Gasteiger partial charge on any atom is 0.123 e. The number of piperidine rings is 1. The number of ether oxygens (including phenoxy) is 2. The minimum atomic E-state index is -0.241. The van der Waals surface area contributed by atoms with Gasteiger partial charge in [0.1, 0.15) is 23.4 Å². The van der Waals surface area contributed by atoms with Gasteiger partial charge >= 0.3 is 0 Å². The van der Waals surface area contributed by atoms with Gasteiger partial charge in [-0.05, 0) is 54.8 Å². The summed E-state index contributed by atoms with van der Waals surface area (Å²) in [7, 11) is 0. The lowest BCUT2D eigenvalue weighted by Crippen LogP contribution is -2.44. The molecule has 4 heteroatoms. The predicted molar refractivity (Wildman–Crippen MR) is 118 cm³/mol. The molecule has 0 amide bonds. The summed E-state index contributed by atoms with van der Waals surface area (Å²) in [5.41, 5.74) is 1.29. The summed E-state index contributed by atoms with van der Waals surface area (Å²) < 4.78 is 25.4. The van der Waals surface area contributed by atoms with Crippen LogP contribution in [-0.2, 0) is 0 Å². The lowest BCUT2D eigenvalue weighted by Gasteiger charge is -2.39. The molecule has 2 atom stereocenters. The van der Waals surface area contributed by atoms with Gasteiger partial charge in [-0.15, -0.1) is 0 Å². The summed E-state index contributed by atoms with van der Waals surface area (Å²) >= 11 is 0. The fourth-order valence-electron chi connectivity index (χ4n) is 4.05. The first-order chi connectivity index (χ1) is 14.8. The van der Waals surface area contributed by atoms with Gasteiger partial charge in [0.2, 0.25) is 0 Å². The Morgan fingerprint density at radius 1 is 0.833 bits per heavy atom. The number of halogens is 1. The van der Waals surface area contributed by atoms with Crippen LogP contribution in [-0.4, -0.2) is 37.2 Å². The molecule has 0 saturated carbocycles. The molecule has 0 bridgehead atoms. The second kappa shape index (κ2) is 10.3. The molecule has 0 radical (unpaired) electrons. The lowest BCUT2D eigenvalue weighted by atomic mass is 9.87. The van der Waals surface area contributed by atoms with Crippen molar-refractivity contribution in [2.75, 3.05) is 26.2 Å². The van der Waals surface area contributed by atoms with Crippen LogP contribution in [0.1, 0.15) is 24.3 Å². The molecule has 1 aliphatic heterocycles. The Balaban J connectivity index is 1.35. The summed E-state index contributed by atoms with van der Waals surface area (Å²) in [5.74, 6) is 1.69. The van der Waals surface area contributed by atoms with E-state index < -0.39 is 0 Å². The topological polar surface area (TPSA) is 21.7 Å². The molecule has 156 valence electrons.